The van der Waals surface area contributed by atoms with Gasteiger partial charge in [-0.1, -0.05) is 13.8 Å². The Bertz CT molecular complexity index is 320. The van der Waals surface area contributed by atoms with Gasteiger partial charge in [-0.25, -0.2) is 8.78 Å². The number of halogens is 5. The van der Waals surface area contributed by atoms with Gasteiger partial charge in [-0.3, -0.25) is 4.90 Å². The van der Waals surface area contributed by atoms with Crippen molar-refractivity contribution in [3.8, 4) is 0 Å². The third-order valence-electron chi connectivity index (χ3n) is 4.94. The Balaban J connectivity index is 1.98. The summed E-state index contributed by atoms with van der Waals surface area (Å²) in [6, 6.07) is -0.228. The van der Waals surface area contributed by atoms with Gasteiger partial charge in [0, 0.05) is 18.9 Å². The molecule has 1 aliphatic carbocycles. The van der Waals surface area contributed by atoms with Gasteiger partial charge in [-0.15, -0.1) is 0 Å². The van der Waals surface area contributed by atoms with Crippen LogP contribution in [0.15, 0.2) is 0 Å². The average Bonchev–Trinajstić information content (AvgIpc) is 2.24. The molecule has 112 valence electrons. The average molecular weight is 285 g/mol. The summed E-state index contributed by atoms with van der Waals surface area (Å²) in [5, 5.41) is 0. The molecule has 1 nitrogen and oxygen atoms in total. The maximum atomic E-state index is 13.3. The molecule has 19 heavy (non-hydrogen) atoms. The van der Waals surface area contributed by atoms with Crippen molar-refractivity contribution in [3.05, 3.63) is 0 Å². The molecule has 2 rings (SSSR count). The highest BCUT2D eigenvalue weighted by atomic mass is 19.4. The van der Waals surface area contributed by atoms with Gasteiger partial charge in [0.1, 0.15) is 0 Å². The molecule has 1 saturated carbocycles. The van der Waals surface area contributed by atoms with Crippen LogP contribution in [-0.2, 0) is 0 Å². The summed E-state index contributed by atoms with van der Waals surface area (Å²) >= 11 is 0. The lowest BCUT2D eigenvalue weighted by atomic mass is 9.68. The van der Waals surface area contributed by atoms with Crippen LogP contribution in [0.2, 0.25) is 0 Å². The minimum Gasteiger partial charge on any atom is -0.300 e. The third-order valence-corrected chi connectivity index (χ3v) is 4.94. The highest BCUT2D eigenvalue weighted by Gasteiger charge is 2.58. The predicted molar refractivity (Wildman–Crippen MR) is 62.1 cm³/mol. The van der Waals surface area contributed by atoms with Crippen molar-refractivity contribution < 1.29 is 22.0 Å². The van der Waals surface area contributed by atoms with Crippen molar-refractivity contribution in [1.29, 1.82) is 0 Å². The van der Waals surface area contributed by atoms with Crippen LogP contribution in [0.1, 0.15) is 39.5 Å². The molecule has 0 spiro atoms. The molecule has 0 bridgehead atoms. The molecule has 1 saturated heterocycles. The van der Waals surface area contributed by atoms with Gasteiger partial charge in [0.05, 0.1) is 5.41 Å². The predicted octanol–water partition coefficient (Wildman–Crippen LogP) is 4.08. The van der Waals surface area contributed by atoms with Crippen LogP contribution in [0.4, 0.5) is 22.0 Å². The van der Waals surface area contributed by atoms with Crippen LogP contribution >= 0.6 is 0 Å². The molecule has 2 aliphatic rings. The summed E-state index contributed by atoms with van der Waals surface area (Å²) in [6.45, 7) is 3.75. The lowest BCUT2D eigenvalue weighted by molar-refractivity contribution is -0.257. The summed E-state index contributed by atoms with van der Waals surface area (Å²) in [6.07, 6.45) is -4.56. The first-order valence-electron chi connectivity index (χ1n) is 6.76. The lowest BCUT2D eigenvalue weighted by Crippen LogP contribution is -2.57. The van der Waals surface area contributed by atoms with E-state index in [1.54, 1.807) is 13.8 Å². The van der Waals surface area contributed by atoms with Crippen molar-refractivity contribution in [2.45, 2.75) is 57.7 Å². The highest BCUT2D eigenvalue weighted by molar-refractivity contribution is 4.99. The van der Waals surface area contributed by atoms with Crippen LogP contribution < -0.4 is 0 Å². The Labute approximate surface area is 110 Å². The maximum Gasteiger partial charge on any atom is 0.394 e. The molecule has 0 N–H and O–H groups in total. The molecule has 1 heterocycles. The zero-order valence-electron chi connectivity index (χ0n) is 11.2. The van der Waals surface area contributed by atoms with Gasteiger partial charge in [0.15, 0.2) is 0 Å². The van der Waals surface area contributed by atoms with Crippen molar-refractivity contribution in [2.24, 2.45) is 11.3 Å². The van der Waals surface area contributed by atoms with Crippen molar-refractivity contribution in [3.63, 3.8) is 0 Å². The van der Waals surface area contributed by atoms with E-state index in [2.05, 4.69) is 0 Å². The number of nitrogens with zero attached hydrogens (tertiary/aromatic N) is 1. The molecular weight excluding hydrogens is 265 g/mol. The zero-order valence-corrected chi connectivity index (χ0v) is 11.2. The first kappa shape index (κ1) is 15.0. The van der Waals surface area contributed by atoms with Crippen molar-refractivity contribution >= 4 is 0 Å². The van der Waals surface area contributed by atoms with E-state index in [-0.39, 0.29) is 44.8 Å². The molecule has 0 atom stereocenters. The fourth-order valence-corrected chi connectivity index (χ4v) is 3.36. The van der Waals surface area contributed by atoms with Gasteiger partial charge in [0.25, 0.3) is 5.92 Å². The standard InChI is InChI=1S/C13H20F5N/c1-9(2)11(13(16,17)18)3-5-19(6-4-11)10-7-12(14,15)8-10/h9-10H,3-8H2,1-2H3. The topological polar surface area (TPSA) is 3.24 Å². The largest absolute Gasteiger partial charge is 0.394 e. The van der Waals surface area contributed by atoms with Crippen LogP contribution in [0, 0.1) is 11.3 Å². The van der Waals surface area contributed by atoms with E-state index in [1.807, 2.05) is 4.90 Å². The number of rotatable bonds is 2. The van der Waals surface area contributed by atoms with E-state index >= 15 is 0 Å². The number of alkyl halides is 5. The van der Waals surface area contributed by atoms with Crippen LogP contribution in [0.25, 0.3) is 0 Å². The van der Waals surface area contributed by atoms with Crippen LogP contribution in [0.3, 0.4) is 0 Å². The molecular formula is C13H20F5N. The Morgan fingerprint density at radius 3 is 1.84 bits per heavy atom. The van der Waals surface area contributed by atoms with Crippen LogP contribution in [-0.4, -0.2) is 36.1 Å². The Hall–Kier alpha value is -0.390. The van der Waals surface area contributed by atoms with E-state index in [4.69, 9.17) is 0 Å². The summed E-state index contributed by atoms with van der Waals surface area (Å²) in [7, 11) is 0. The molecule has 0 aromatic carbocycles. The second-order valence-electron chi connectivity index (χ2n) is 6.26. The van der Waals surface area contributed by atoms with E-state index < -0.39 is 23.4 Å². The number of piperidine rings is 1. The Morgan fingerprint density at radius 2 is 1.53 bits per heavy atom. The first-order valence-corrected chi connectivity index (χ1v) is 6.76. The fourth-order valence-electron chi connectivity index (χ4n) is 3.36. The highest BCUT2D eigenvalue weighted by Crippen LogP contribution is 2.52. The van der Waals surface area contributed by atoms with E-state index in [0.29, 0.717) is 0 Å². The van der Waals surface area contributed by atoms with Gasteiger partial charge in [-0.05, 0) is 31.8 Å². The SMILES string of the molecule is CC(C)C1(C(F)(F)F)CCN(C2CC(F)(F)C2)CC1. The third kappa shape index (κ3) is 2.60. The van der Waals surface area contributed by atoms with Crippen molar-refractivity contribution in [2.75, 3.05) is 13.1 Å². The molecule has 0 unspecified atom stereocenters. The van der Waals surface area contributed by atoms with Gasteiger partial charge in [0.2, 0.25) is 0 Å². The van der Waals surface area contributed by atoms with Gasteiger partial charge in [-0.2, -0.15) is 13.2 Å². The molecule has 6 heteroatoms. The van der Waals surface area contributed by atoms with Gasteiger partial charge < -0.3 is 0 Å². The minimum atomic E-state index is -4.21. The minimum absolute atomic E-state index is 0.0240. The second kappa shape index (κ2) is 4.57. The molecule has 0 aromatic rings. The van der Waals surface area contributed by atoms with E-state index in [1.165, 1.54) is 0 Å². The maximum absolute atomic E-state index is 13.3. The summed E-state index contributed by atoms with van der Waals surface area (Å²) in [5.41, 5.74) is -1.64. The molecule has 0 aromatic heterocycles. The van der Waals surface area contributed by atoms with Crippen LogP contribution in [0.5, 0.6) is 0 Å². The smallest absolute Gasteiger partial charge is 0.300 e. The Morgan fingerprint density at radius 1 is 1.05 bits per heavy atom. The molecule has 0 radical (unpaired) electrons. The zero-order chi connectivity index (χ0) is 14.5. The van der Waals surface area contributed by atoms with Crippen molar-refractivity contribution in [1.82, 2.24) is 4.90 Å². The molecule has 1 aliphatic heterocycles. The molecule has 2 fully saturated rings. The summed E-state index contributed by atoms with van der Waals surface area (Å²) in [5.74, 6) is -3.08. The fraction of sp³-hybridized carbons (Fsp3) is 1.00. The molecule has 0 amide bonds. The normalized spacial score (nSPS) is 28.4. The first-order chi connectivity index (χ1) is 8.57. The lowest BCUT2D eigenvalue weighted by Gasteiger charge is -2.50. The quantitative estimate of drug-likeness (QED) is 0.691. The number of hydrogen-bond acceptors (Lipinski definition) is 1. The summed E-state index contributed by atoms with van der Waals surface area (Å²) in [4.78, 5) is 1.81. The van der Waals surface area contributed by atoms with Gasteiger partial charge >= 0.3 is 6.18 Å². The Kier molecular flexibility index (Phi) is 3.61. The number of likely N-dealkylation sites (tertiary alicyclic amines) is 1. The monoisotopic (exact) mass is 285 g/mol. The summed E-state index contributed by atoms with van der Waals surface area (Å²) < 4.78 is 65.4. The second-order valence-corrected chi connectivity index (χ2v) is 6.26. The van der Waals surface area contributed by atoms with E-state index in [9.17, 15) is 22.0 Å². The van der Waals surface area contributed by atoms with E-state index in [0.717, 1.165) is 0 Å². The number of hydrogen-bond donors (Lipinski definition) is 0.